The van der Waals surface area contributed by atoms with Crippen LogP contribution in [0.3, 0.4) is 0 Å². The SMILES string of the molecule is Cc1ncccc1C(NN)C1CCCCC1. The van der Waals surface area contributed by atoms with Crippen LogP contribution in [-0.4, -0.2) is 4.98 Å². The van der Waals surface area contributed by atoms with E-state index in [2.05, 4.69) is 23.4 Å². The summed E-state index contributed by atoms with van der Waals surface area (Å²) in [5.74, 6) is 6.39. The molecule has 1 aromatic rings. The minimum atomic E-state index is 0.272. The Labute approximate surface area is 97.4 Å². The number of hydrogen-bond donors (Lipinski definition) is 2. The Kier molecular flexibility index (Phi) is 3.91. The van der Waals surface area contributed by atoms with Gasteiger partial charge >= 0.3 is 0 Å². The van der Waals surface area contributed by atoms with E-state index in [0.29, 0.717) is 5.92 Å². The summed E-state index contributed by atoms with van der Waals surface area (Å²) in [7, 11) is 0. The largest absolute Gasteiger partial charge is 0.271 e. The smallest absolute Gasteiger partial charge is 0.0506 e. The molecule has 1 aromatic heterocycles. The molecule has 0 saturated heterocycles. The number of nitrogens with two attached hydrogens (primary N) is 1. The van der Waals surface area contributed by atoms with E-state index >= 15 is 0 Å². The topological polar surface area (TPSA) is 50.9 Å². The van der Waals surface area contributed by atoms with Gasteiger partial charge in [0.05, 0.1) is 6.04 Å². The van der Waals surface area contributed by atoms with Crippen LogP contribution in [0.5, 0.6) is 0 Å². The van der Waals surface area contributed by atoms with Crippen LogP contribution in [-0.2, 0) is 0 Å². The standard InChI is InChI=1S/C13H21N3/c1-10-12(8-5-9-15-10)13(16-14)11-6-3-2-4-7-11/h5,8-9,11,13,16H,2-4,6-7,14H2,1H3. The number of hydrazine groups is 1. The van der Waals surface area contributed by atoms with E-state index in [-0.39, 0.29) is 6.04 Å². The summed E-state index contributed by atoms with van der Waals surface area (Å²) in [4.78, 5) is 4.35. The van der Waals surface area contributed by atoms with Gasteiger partial charge in [-0.3, -0.25) is 16.3 Å². The van der Waals surface area contributed by atoms with Gasteiger partial charge in [0.2, 0.25) is 0 Å². The Morgan fingerprint density at radius 3 is 2.75 bits per heavy atom. The number of rotatable bonds is 3. The van der Waals surface area contributed by atoms with Crippen LogP contribution in [0.25, 0.3) is 0 Å². The lowest BCUT2D eigenvalue weighted by Crippen LogP contribution is -2.35. The lowest BCUT2D eigenvalue weighted by Gasteiger charge is -2.30. The van der Waals surface area contributed by atoms with Crippen molar-refractivity contribution in [1.82, 2.24) is 10.4 Å². The molecule has 0 aliphatic heterocycles. The molecule has 16 heavy (non-hydrogen) atoms. The van der Waals surface area contributed by atoms with E-state index < -0.39 is 0 Å². The maximum atomic E-state index is 5.73. The van der Waals surface area contributed by atoms with Crippen LogP contribution in [0.1, 0.15) is 49.4 Å². The fraction of sp³-hybridized carbons (Fsp3) is 0.615. The van der Waals surface area contributed by atoms with Crippen LogP contribution in [0.15, 0.2) is 18.3 Å². The molecule has 3 nitrogen and oxygen atoms in total. The Bertz CT molecular complexity index is 332. The van der Waals surface area contributed by atoms with E-state index in [9.17, 15) is 0 Å². The highest BCUT2D eigenvalue weighted by Gasteiger charge is 2.25. The molecule has 3 heteroatoms. The Morgan fingerprint density at radius 1 is 1.38 bits per heavy atom. The first-order chi connectivity index (χ1) is 7.83. The predicted molar refractivity (Wildman–Crippen MR) is 65.6 cm³/mol. The molecule has 2 rings (SSSR count). The molecule has 0 spiro atoms. The summed E-state index contributed by atoms with van der Waals surface area (Å²) in [5.41, 5.74) is 5.34. The average molecular weight is 219 g/mol. The minimum Gasteiger partial charge on any atom is -0.271 e. The summed E-state index contributed by atoms with van der Waals surface area (Å²) >= 11 is 0. The highest BCUT2D eigenvalue weighted by Crippen LogP contribution is 2.34. The normalized spacial score (nSPS) is 19.6. The number of hydrogen-bond acceptors (Lipinski definition) is 3. The first kappa shape index (κ1) is 11.6. The fourth-order valence-corrected chi connectivity index (χ4v) is 2.77. The Hall–Kier alpha value is -0.930. The summed E-state index contributed by atoms with van der Waals surface area (Å²) < 4.78 is 0. The van der Waals surface area contributed by atoms with E-state index in [4.69, 9.17) is 5.84 Å². The van der Waals surface area contributed by atoms with Gasteiger partial charge in [-0.15, -0.1) is 0 Å². The van der Waals surface area contributed by atoms with Crippen molar-refractivity contribution < 1.29 is 0 Å². The van der Waals surface area contributed by atoms with Gasteiger partial charge in [0.1, 0.15) is 0 Å². The second kappa shape index (κ2) is 5.41. The van der Waals surface area contributed by atoms with Gasteiger partial charge in [-0.25, -0.2) is 0 Å². The summed E-state index contributed by atoms with van der Waals surface area (Å²) in [6.07, 6.45) is 8.45. The van der Waals surface area contributed by atoms with Gasteiger partial charge in [-0.05, 0) is 37.3 Å². The second-order valence-electron chi connectivity index (χ2n) is 4.72. The van der Waals surface area contributed by atoms with Crippen LogP contribution in [0.2, 0.25) is 0 Å². The third-order valence-electron chi connectivity index (χ3n) is 3.68. The Morgan fingerprint density at radius 2 is 2.12 bits per heavy atom. The first-order valence-electron chi connectivity index (χ1n) is 6.20. The van der Waals surface area contributed by atoms with E-state index in [1.807, 2.05) is 12.3 Å². The number of aromatic nitrogens is 1. The van der Waals surface area contributed by atoms with Gasteiger partial charge < -0.3 is 0 Å². The first-order valence-corrected chi connectivity index (χ1v) is 6.20. The molecule has 0 bridgehead atoms. The van der Waals surface area contributed by atoms with Crippen molar-refractivity contribution in [3.63, 3.8) is 0 Å². The molecule has 3 N–H and O–H groups in total. The molecule has 1 heterocycles. The van der Waals surface area contributed by atoms with Gasteiger partial charge in [0.25, 0.3) is 0 Å². The average Bonchev–Trinajstić information content (AvgIpc) is 2.34. The lowest BCUT2D eigenvalue weighted by atomic mass is 9.81. The van der Waals surface area contributed by atoms with Crippen LogP contribution in [0.4, 0.5) is 0 Å². The monoisotopic (exact) mass is 219 g/mol. The highest BCUT2D eigenvalue weighted by molar-refractivity contribution is 5.23. The number of nitrogens with one attached hydrogen (secondary N) is 1. The third-order valence-corrected chi connectivity index (χ3v) is 3.68. The zero-order chi connectivity index (χ0) is 11.4. The summed E-state index contributed by atoms with van der Waals surface area (Å²) in [5, 5.41) is 0. The fourth-order valence-electron chi connectivity index (χ4n) is 2.77. The third kappa shape index (κ3) is 2.42. The van der Waals surface area contributed by atoms with Gasteiger partial charge in [-0.1, -0.05) is 25.3 Å². The second-order valence-corrected chi connectivity index (χ2v) is 4.72. The number of nitrogens with zero attached hydrogens (tertiary/aromatic N) is 1. The molecule has 0 aromatic carbocycles. The number of pyridine rings is 1. The van der Waals surface area contributed by atoms with Crippen molar-refractivity contribution in [2.24, 2.45) is 11.8 Å². The molecule has 1 atom stereocenters. The van der Waals surface area contributed by atoms with Gasteiger partial charge in [-0.2, -0.15) is 0 Å². The number of aryl methyl sites for hydroxylation is 1. The highest BCUT2D eigenvalue weighted by atomic mass is 15.2. The van der Waals surface area contributed by atoms with Crippen molar-refractivity contribution in [1.29, 1.82) is 0 Å². The van der Waals surface area contributed by atoms with Crippen molar-refractivity contribution >= 4 is 0 Å². The lowest BCUT2D eigenvalue weighted by molar-refractivity contribution is 0.272. The predicted octanol–water partition coefficient (Wildman–Crippen LogP) is 2.47. The molecule has 1 saturated carbocycles. The molecular formula is C13H21N3. The van der Waals surface area contributed by atoms with Crippen molar-refractivity contribution in [3.8, 4) is 0 Å². The maximum absolute atomic E-state index is 5.73. The van der Waals surface area contributed by atoms with Gasteiger partial charge in [0.15, 0.2) is 0 Å². The van der Waals surface area contributed by atoms with Crippen molar-refractivity contribution in [2.75, 3.05) is 0 Å². The molecule has 1 aliphatic rings. The van der Waals surface area contributed by atoms with E-state index in [1.54, 1.807) is 0 Å². The van der Waals surface area contributed by atoms with Crippen molar-refractivity contribution in [3.05, 3.63) is 29.6 Å². The molecular weight excluding hydrogens is 198 g/mol. The zero-order valence-corrected chi connectivity index (χ0v) is 9.95. The molecule has 1 fully saturated rings. The zero-order valence-electron chi connectivity index (χ0n) is 9.95. The maximum Gasteiger partial charge on any atom is 0.0506 e. The van der Waals surface area contributed by atoms with E-state index in [0.717, 1.165) is 5.69 Å². The Balaban J connectivity index is 2.18. The molecule has 1 aliphatic carbocycles. The summed E-state index contributed by atoms with van der Waals surface area (Å²) in [6, 6.07) is 4.41. The summed E-state index contributed by atoms with van der Waals surface area (Å²) in [6.45, 7) is 2.06. The van der Waals surface area contributed by atoms with Crippen LogP contribution in [0, 0.1) is 12.8 Å². The molecule has 1 unspecified atom stereocenters. The molecule has 0 radical (unpaired) electrons. The molecule has 88 valence electrons. The van der Waals surface area contributed by atoms with Crippen LogP contribution < -0.4 is 11.3 Å². The van der Waals surface area contributed by atoms with Crippen molar-refractivity contribution in [2.45, 2.75) is 45.1 Å². The van der Waals surface area contributed by atoms with Crippen LogP contribution >= 0.6 is 0 Å². The minimum absolute atomic E-state index is 0.272. The van der Waals surface area contributed by atoms with E-state index in [1.165, 1.54) is 37.7 Å². The van der Waals surface area contributed by atoms with Gasteiger partial charge in [0, 0.05) is 11.9 Å². The molecule has 0 amide bonds. The quantitative estimate of drug-likeness (QED) is 0.606.